The third kappa shape index (κ3) is 7.11. The average molecular weight is 501 g/mol. The Balaban J connectivity index is 2.15. The van der Waals surface area contributed by atoms with Gasteiger partial charge in [-0.05, 0) is 54.3 Å². The summed E-state index contributed by atoms with van der Waals surface area (Å²) in [6.45, 7) is 9.18. The Morgan fingerprint density at radius 2 is 1.44 bits per heavy atom. The molecule has 0 heterocycles. The van der Waals surface area contributed by atoms with Gasteiger partial charge in [-0.1, -0.05) is 33.8 Å². The minimum Gasteiger partial charge on any atom is -0.326 e. The first kappa shape index (κ1) is 27.0. The van der Waals surface area contributed by atoms with E-state index < -0.39 is 22.1 Å². The summed E-state index contributed by atoms with van der Waals surface area (Å²) in [5, 5.41) is 2.74. The third-order valence-corrected chi connectivity index (χ3v) is 6.68. The SMILES string of the molecule is Cc1ccc(NC(=O)C(C)C(C)(C)C)cc1S(=O)(=O)Nc1ccc(NNC(=O)C(F)(F)F)cc1. The van der Waals surface area contributed by atoms with Gasteiger partial charge in [0.2, 0.25) is 5.91 Å². The van der Waals surface area contributed by atoms with Crippen molar-refractivity contribution in [3.63, 3.8) is 0 Å². The molecule has 0 aliphatic carbocycles. The average Bonchev–Trinajstić information content (AvgIpc) is 2.72. The number of aryl methyl sites for hydroxylation is 1. The largest absolute Gasteiger partial charge is 0.472 e. The maximum absolute atomic E-state index is 12.9. The first-order chi connectivity index (χ1) is 15.5. The molecule has 0 aliphatic heterocycles. The van der Waals surface area contributed by atoms with Crippen LogP contribution in [0.3, 0.4) is 0 Å². The highest BCUT2D eigenvalue weighted by molar-refractivity contribution is 7.92. The van der Waals surface area contributed by atoms with Crippen LogP contribution in [0.15, 0.2) is 47.4 Å². The van der Waals surface area contributed by atoms with E-state index in [1.165, 1.54) is 35.8 Å². The lowest BCUT2D eigenvalue weighted by molar-refractivity contribution is -0.173. The van der Waals surface area contributed by atoms with Crippen molar-refractivity contribution in [2.75, 3.05) is 15.5 Å². The number of hydrogen-bond donors (Lipinski definition) is 4. The predicted octanol–water partition coefficient (Wildman–Crippen LogP) is 4.42. The van der Waals surface area contributed by atoms with Gasteiger partial charge in [-0.15, -0.1) is 0 Å². The highest BCUT2D eigenvalue weighted by Crippen LogP contribution is 2.28. The maximum Gasteiger partial charge on any atom is 0.472 e. The summed E-state index contributed by atoms with van der Waals surface area (Å²) < 4.78 is 65.0. The number of hydrazine groups is 1. The molecule has 0 saturated heterocycles. The van der Waals surface area contributed by atoms with Crippen molar-refractivity contribution in [3.8, 4) is 0 Å². The zero-order valence-corrected chi connectivity index (χ0v) is 20.1. The molecule has 0 spiro atoms. The molecule has 8 nitrogen and oxygen atoms in total. The van der Waals surface area contributed by atoms with Crippen LogP contribution in [0.1, 0.15) is 33.3 Å². The van der Waals surface area contributed by atoms with Crippen molar-refractivity contribution in [2.24, 2.45) is 11.3 Å². The van der Waals surface area contributed by atoms with Gasteiger partial charge in [0.1, 0.15) is 0 Å². The van der Waals surface area contributed by atoms with Gasteiger partial charge in [-0.25, -0.2) is 8.42 Å². The number of nitrogens with one attached hydrogen (secondary N) is 4. The van der Waals surface area contributed by atoms with Crippen molar-refractivity contribution in [1.29, 1.82) is 0 Å². The third-order valence-electron chi connectivity index (χ3n) is 5.15. The van der Waals surface area contributed by atoms with Gasteiger partial charge in [0, 0.05) is 17.3 Å². The number of alkyl halides is 3. The Morgan fingerprint density at radius 3 is 1.97 bits per heavy atom. The lowest BCUT2D eigenvalue weighted by Gasteiger charge is -2.26. The lowest BCUT2D eigenvalue weighted by atomic mass is 9.81. The highest BCUT2D eigenvalue weighted by atomic mass is 32.2. The lowest BCUT2D eigenvalue weighted by Crippen LogP contribution is -2.40. The summed E-state index contributed by atoms with van der Waals surface area (Å²) in [6, 6.07) is 9.72. The molecular formula is C22H27F3N4O4S. The van der Waals surface area contributed by atoms with Crippen LogP contribution >= 0.6 is 0 Å². The predicted molar refractivity (Wildman–Crippen MR) is 123 cm³/mol. The molecule has 1 unspecified atom stereocenters. The summed E-state index contributed by atoms with van der Waals surface area (Å²) in [7, 11) is -4.05. The molecule has 2 aromatic carbocycles. The van der Waals surface area contributed by atoms with E-state index in [0.717, 1.165) is 0 Å². The van der Waals surface area contributed by atoms with E-state index in [-0.39, 0.29) is 33.5 Å². The standard InChI is InChI=1S/C22H27F3N4O4S/c1-13-6-7-17(26-19(30)14(2)21(3,4)5)12-18(13)34(32,33)29-16-10-8-15(9-11-16)27-28-20(31)22(23,24)25/h6-12,14,27,29H,1-5H3,(H,26,30)(H,28,31). The van der Waals surface area contributed by atoms with E-state index in [1.54, 1.807) is 26.0 Å². The molecule has 1 atom stereocenters. The summed E-state index contributed by atoms with van der Waals surface area (Å²) in [5.74, 6) is -2.73. The number of halogens is 3. The van der Waals surface area contributed by atoms with E-state index in [1.807, 2.05) is 20.8 Å². The fourth-order valence-electron chi connectivity index (χ4n) is 2.64. The second kappa shape index (κ2) is 9.92. The van der Waals surface area contributed by atoms with Crippen LogP contribution < -0.4 is 20.9 Å². The second-order valence-electron chi connectivity index (χ2n) is 8.82. The maximum atomic E-state index is 12.9. The molecule has 0 saturated carbocycles. The van der Waals surface area contributed by atoms with Crippen LogP contribution in [-0.2, 0) is 19.6 Å². The molecule has 12 heteroatoms. The molecule has 186 valence electrons. The molecule has 0 bridgehead atoms. The van der Waals surface area contributed by atoms with Crippen LogP contribution in [0.4, 0.5) is 30.2 Å². The first-order valence-corrected chi connectivity index (χ1v) is 11.7. The summed E-state index contributed by atoms with van der Waals surface area (Å²) in [6.07, 6.45) is -5.04. The van der Waals surface area contributed by atoms with Crippen molar-refractivity contribution in [1.82, 2.24) is 5.43 Å². The molecule has 0 aliphatic rings. The number of sulfonamides is 1. The number of carbonyl (C=O) groups excluding carboxylic acids is 2. The van der Waals surface area contributed by atoms with Crippen LogP contribution in [0, 0.1) is 18.3 Å². The number of anilines is 3. The van der Waals surface area contributed by atoms with Gasteiger partial charge < -0.3 is 5.32 Å². The Bertz CT molecular complexity index is 1160. The molecule has 2 amide bonds. The molecule has 4 N–H and O–H groups in total. The van der Waals surface area contributed by atoms with Crippen molar-refractivity contribution in [3.05, 3.63) is 48.0 Å². The van der Waals surface area contributed by atoms with E-state index in [4.69, 9.17) is 0 Å². The minimum absolute atomic E-state index is 0.0478. The molecular weight excluding hydrogens is 473 g/mol. The minimum atomic E-state index is -5.04. The fraction of sp³-hybridized carbons (Fsp3) is 0.364. The Hall–Kier alpha value is -3.28. The van der Waals surface area contributed by atoms with Crippen molar-refractivity contribution < 1.29 is 31.2 Å². The van der Waals surface area contributed by atoms with Gasteiger partial charge in [-0.3, -0.25) is 25.2 Å². The fourth-order valence-corrected chi connectivity index (χ4v) is 3.97. The molecule has 0 radical (unpaired) electrons. The van der Waals surface area contributed by atoms with Gasteiger partial charge in [0.25, 0.3) is 10.0 Å². The monoisotopic (exact) mass is 500 g/mol. The second-order valence-corrected chi connectivity index (χ2v) is 10.5. The Kier molecular flexibility index (Phi) is 7.87. The molecule has 0 aromatic heterocycles. The summed E-state index contributed by atoms with van der Waals surface area (Å²) >= 11 is 0. The molecule has 2 rings (SSSR count). The van der Waals surface area contributed by atoms with Crippen LogP contribution in [-0.4, -0.2) is 26.4 Å². The van der Waals surface area contributed by atoms with E-state index in [0.29, 0.717) is 11.3 Å². The topological polar surface area (TPSA) is 116 Å². The van der Waals surface area contributed by atoms with Crippen LogP contribution in [0.2, 0.25) is 0 Å². The van der Waals surface area contributed by atoms with Gasteiger partial charge in [0.15, 0.2) is 0 Å². The van der Waals surface area contributed by atoms with Crippen LogP contribution in [0.25, 0.3) is 0 Å². The van der Waals surface area contributed by atoms with Crippen molar-refractivity contribution >= 4 is 38.9 Å². The smallest absolute Gasteiger partial charge is 0.326 e. The van der Waals surface area contributed by atoms with Gasteiger partial charge in [0.05, 0.1) is 10.6 Å². The van der Waals surface area contributed by atoms with Gasteiger partial charge in [-0.2, -0.15) is 13.2 Å². The number of amides is 2. The quantitative estimate of drug-likeness (QED) is 0.420. The molecule has 0 fully saturated rings. The Labute approximate surface area is 196 Å². The number of carbonyl (C=O) groups is 2. The highest BCUT2D eigenvalue weighted by Gasteiger charge is 2.38. The summed E-state index contributed by atoms with van der Waals surface area (Å²) in [5.41, 5.74) is 4.33. The Morgan fingerprint density at radius 1 is 0.912 bits per heavy atom. The summed E-state index contributed by atoms with van der Waals surface area (Å²) in [4.78, 5) is 23.3. The van der Waals surface area contributed by atoms with Crippen LogP contribution in [0.5, 0.6) is 0 Å². The number of rotatable bonds is 7. The molecule has 2 aromatic rings. The zero-order chi connectivity index (χ0) is 25.9. The van der Waals surface area contributed by atoms with Crippen molar-refractivity contribution in [2.45, 2.75) is 45.7 Å². The normalized spacial score (nSPS) is 13.1. The first-order valence-electron chi connectivity index (χ1n) is 10.2. The van der Waals surface area contributed by atoms with E-state index >= 15 is 0 Å². The number of hydrogen-bond acceptors (Lipinski definition) is 5. The molecule has 34 heavy (non-hydrogen) atoms. The number of benzene rings is 2. The van der Waals surface area contributed by atoms with E-state index in [9.17, 15) is 31.2 Å². The zero-order valence-electron chi connectivity index (χ0n) is 19.3. The van der Waals surface area contributed by atoms with E-state index in [2.05, 4.69) is 15.5 Å². The van der Waals surface area contributed by atoms with Gasteiger partial charge >= 0.3 is 12.1 Å².